The maximum atomic E-state index is 11.5. The van der Waals surface area contributed by atoms with Gasteiger partial charge < -0.3 is 5.11 Å². The van der Waals surface area contributed by atoms with Crippen molar-refractivity contribution >= 4 is 5.78 Å². The lowest BCUT2D eigenvalue weighted by molar-refractivity contribution is 0.101. The quantitative estimate of drug-likeness (QED) is 0.776. The van der Waals surface area contributed by atoms with Gasteiger partial charge in [0.15, 0.2) is 5.78 Å². The second kappa shape index (κ2) is 4.19. The summed E-state index contributed by atoms with van der Waals surface area (Å²) in [6.45, 7) is 1.55. The van der Waals surface area contributed by atoms with E-state index in [0.717, 1.165) is 11.1 Å². The molecule has 16 heavy (non-hydrogen) atoms. The summed E-state index contributed by atoms with van der Waals surface area (Å²) in [5, 5.41) is 9.22. The molecule has 0 aliphatic carbocycles. The molecule has 0 atom stereocenters. The zero-order valence-corrected chi connectivity index (χ0v) is 8.97. The third kappa shape index (κ3) is 1.96. The van der Waals surface area contributed by atoms with Crippen molar-refractivity contribution in [3.63, 3.8) is 0 Å². The molecular formula is C14H12O2. The molecule has 2 rings (SSSR count). The number of phenols is 1. The zero-order valence-electron chi connectivity index (χ0n) is 8.97. The average molecular weight is 212 g/mol. The summed E-state index contributed by atoms with van der Waals surface area (Å²) in [5.74, 6) is 0.271. The highest BCUT2D eigenvalue weighted by atomic mass is 16.3. The largest absolute Gasteiger partial charge is 0.508 e. The third-order valence-corrected chi connectivity index (χ3v) is 2.48. The van der Waals surface area contributed by atoms with E-state index in [4.69, 9.17) is 0 Å². The second-order valence-electron chi connectivity index (χ2n) is 3.65. The predicted molar refractivity (Wildman–Crippen MR) is 63.5 cm³/mol. The van der Waals surface area contributed by atoms with Crippen LogP contribution in [-0.2, 0) is 0 Å². The van der Waals surface area contributed by atoms with Gasteiger partial charge in [-0.2, -0.15) is 0 Å². The highest BCUT2D eigenvalue weighted by Crippen LogP contribution is 2.25. The van der Waals surface area contributed by atoms with Gasteiger partial charge in [0.05, 0.1) is 0 Å². The van der Waals surface area contributed by atoms with Crippen LogP contribution >= 0.6 is 0 Å². The van der Waals surface area contributed by atoms with Crippen LogP contribution in [0.15, 0.2) is 48.5 Å². The Hall–Kier alpha value is -2.09. The number of aromatic hydroxyl groups is 1. The van der Waals surface area contributed by atoms with Crippen molar-refractivity contribution in [2.24, 2.45) is 0 Å². The molecule has 2 aromatic rings. The number of ketones is 1. The molecule has 0 aliphatic rings. The van der Waals surface area contributed by atoms with Gasteiger partial charge in [-0.05, 0) is 30.2 Å². The van der Waals surface area contributed by atoms with Crippen LogP contribution in [-0.4, -0.2) is 10.9 Å². The van der Waals surface area contributed by atoms with E-state index in [2.05, 4.69) is 0 Å². The molecule has 2 aromatic carbocycles. The maximum Gasteiger partial charge on any atom is 0.160 e. The number of hydrogen-bond donors (Lipinski definition) is 1. The molecule has 0 aromatic heterocycles. The number of benzene rings is 2. The van der Waals surface area contributed by atoms with E-state index in [0.29, 0.717) is 5.56 Å². The van der Waals surface area contributed by atoms with Crippen LogP contribution < -0.4 is 0 Å². The standard InChI is InChI=1S/C14H12O2/c1-10(15)13-4-2-3-5-14(13)11-6-8-12(16)9-7-11/h2-9,16H,1H3. The Balaban J connectivity index is 2.55. The van der Waals surface area contributed by atoms with E-state index in [1.54, 1.807) is 31.2 Å². The number of Topliss-reactive ketones (excluding diaryl/α,β-unsaturated/α-hetero) is 1. The number of rotatable bonds is 2. The number of carbonyl (C=O) groups is 1. The van der Waals surface area contributed by atoms with E-state index in [9.17, 15) is 9.90 Å². The molecular weight excluding hydrogens is 200 g/mol. The van der Waals surface area contributed by atoms with Gasteiger partial charge in [-0.15, -0.1) is 0 Å². The molecule has 0 bridgehead atoms. The summed E-state index contributed by atoms with van der Waals surface area (Å²) in [6, 6.07) is 14.3. The van der Waals surface area contributed by atoms with E-state index < -0.39 is 0 Å². The summed E-state index contributed by atoms with van der Waals surface area (Å²) in [4.78, 5) is 11.5. The molecule has 80 valence electrons. The van der Waals surface area contributed by atoms with Crippen LogP contribution in [0.5, 0.6) is 5.75 Å². The van der Waals surface area contributed by atoms with Crippen molar-refractivity contribution in [1.29, 1.82) is 0 Å². The van der Waals surface area contributed by atoms with Gasteiger partial charge in [-0.25, -0.2) is 0 Å². The first-order valence-electron chi connectivity index (χ1n) is 5.08. The Kier molecular flexibility index (Phi) is 2.73. The van der Waals surface area contributed by atoms with Gasteiger partial charge >= 0.3 is 0 Å². The van der Waals surface area contributed by atoms with Gasteiger partial charge in [0.1, 0.15) is 5.75 Å². The fourth-order valence-corrected chi connectivity index (χ4v) is 1.68. The monoisotopic (exact) mass is 212 g/mol. The molecule has 0 saturated carbocycles. The molecule has 0 aliphatic heterocycles. The molecule has 0 spiro atoms. The molecule has 2 nitrogen and oxygen atoms in total. The smallest absolute Gasteiger partial charge is 0.160 e. The van der Waals surface area contributed by atoms with E-state index in [1.165, 1.54) is 0 Å². The lowest BCUT2D eigenvalue weighted by atomic mass is 9.97. The Morgan fingerprint density at radius 3 is 2.25 bits per heavy atom. The summed E-state index contributed by atoms with van der Waals surface area (Å²) < 4.78 is 0. The normalized spacial score (nSPS) is 10.1. The van der Waals surface area contributed by atoms with Gasteiger partial charge in [0.25, 0.3) is 0 Å². The molecule has 1 N–H and O–H groups in total. The van der Waals surface area contributed by atoms with Crippen LogP contribution in [0.2, 0.25) is 0 Å². The number of carbonyl (C=O) groups excluding carboxylic acids is 1. The van der Waals surface area contributed by atoms with Crippen molar-refractivity contribution in [2.45, 2.75) is 6.92 Å². The molecule has 0 saturated heterocycles. The van der Waals surface area contributed by atoms with Gasteiger partial charge in [0, 0.05) is 5.56 Å². The number of hydrogen-bond acceptors (Lipinski definition) is 2. The number of phenolic OH excluding ortho intramolecular Hbond substituents is 1. The predicted octanol–water partition coefficient (Wildman–Crippen LogP) is 3.26. The lowest BCUT2D eigenvalue weighted by Crippen LogP contribution is -1.95. The first kappa shape index (κ1) is 10.4. The van der Waals surface area contributed by atoms with E-state index in [-0.39, 0.29) is 11.5 Å². The highest BCUT2D eigenvalue weighted by Gasteiger charge is 2.07. The molecule has 0 fully saturated rings. The Bertz CT molecular complexity index is 513. The van der Waals surface area contributed by atoms with Crippen LogP contribution in [0.3, 0.4) is 0 Å². The summed E-state index contributed by atoms with van der Waals surface area (Å²) in [6.07, 6.45) is 0. The summed E-state index contributed by atoms with van der Waals surface area (Å²) >= 11 is 0. The van der Waals surface area contributed by atoms with Crippen molar-refractivity contribution < 1.29 is 9.90 Å². The minimum atomic E-state index is 0.0451. The molecule has 0 radical (unpaired) electrons. The van der Waals surface area contributed by atoms with Crippen LogP contribution in [0.4, 0.5) is 0 Å². The van der Waals surface area contributed by atoms with Crippen molar-refractivity contribution in [3.8, 4) is 16.9 Å². The highest BCUT2D eigenvalue weighted by molar-refractivity contribution is 6.00. The Labute approximate surface area is 94.2 Å². The van der Waals surface area contributed by atoms with Gasteiger partial charge in [-0.1, -0.05) is 36.4 Å². The minimum Gasteiger partial charge on any atom is -0.508 e. The maximum absolute atomic E-state index is 11.5. The molecule has 0 amide bonds. The fourth-order valence-electron chi connectivity index (χ4n) is 1.68. The first-order chi connectivity index (χ1) is 7.68. The van der Waals surface area contributed by atoms with Crippen molar-refractivity contribution in [1.82, 2.24) is 0 Å². The van der Waals surface area contributed by atoms with Crippen molar-refractivity contribution in [3.05, 3.63) is 54.1 Å². The van der Waals surface area contributed by atoms with Gasteiger partial charge in [0.2, 0.25) is 0 Å². The SMILES string of the molecule is CC(=O)c1ccccc1-c1ccc(O)cc1. The molecule has 0 heterocycles. The van der Waals surface area contributed by atoms with Crippen LogP contribution in [0, 0.1) is 0 Å². The molecule has 2 heteroatoms. The molecule has 0 unspecified atom stereocenters. The Morgan fingerprint density at radius 2 is 1.62 bits per heavy atom. The van der Waals surface area contributed by atoms with Crippen LogP contribution in [0.1, 0.15) is 17.3 Å². The topological polar surface area (TPSA) is 37.3 Å². The summed E-state index contributed by atoms with van der Waals surface area (Å²) in [5.41, 5.74) is 2.53. The third-order valence-electron chi connectivity index (χ3n) is 2.48. The summed E-state index contributed by atoms with van der Waals surface area (Å²) in [7, 11) is 0. The second-order valence-corrected chi connectivity index (χ2v) is 3.65. The fraction of sp³-hybridized carbons (Fsp3) is 0.0714. The first-order valence-corrected chi connectivity index (χ1v) is 5.08. The Morgan fingerprint density at radius 1 is 1.00 bits per heavy atom. The lowest BCUT2D eigenvalue weighted by Gasteiger charge is -2.06. The minimum absolute atomic E-state index is 0.0451. The van der Waals surface area contributed by atoms with Crippen molar-refractivity contribution in [2.75, 3.05) is 0 Å². The van der Waals surface area contributed by atoms with E-state index in [1.807, 2.05) is 24.3 Å². The zero-order chi connectivity index (χ0) is 11.5. The van der Waals surface area contributed by atoms with E-state index >= 15 is 0 Å². The van der Waals surface area contributed by atoms with Crippen LogP contribution in [0.25, 0.3) is 11.1 Å². The van der Waals surface area contributed by atoms with Gasteiger partial charge in [-0.3, -0.25) is 4.79 Å². The average Bonchev–Trinajstić information content (AvgIpc) is 2.30.